The van der Waals surface area contributed by atoms with Crippen LogP contribution in [0, 0.1) is 17.7 Å². The minimum atomic E-state index is -0.370. The van der Waals surface area contributed by atoms with Crippen molar-refractivity contribution in [3.05, 3.63) is 66.1 Å². The van der Waals surface area contributed by atoms with Crippen LogP contribution in [0.25, 0.3) is 22.8 Å². The third-order valence-corrected chi connectivity index (χ3v) is 5.19. The molecule has 5 heteroatoms. The summed E-state index contributed by atoms with van der Waals surface area (Å²) in [6, 6.07) is 13.7. The maximum Gasteiger partial charge on any atom is 0.254 e. The van der Waals surface area contributed by atoms with E-state index in [1.165, 1.54) is 12.3 Å². The number of halogens is 1. The Balaban J connectivity index is 1.67. The van der Waals surface area contributed by atoms with Gasteiger partial charge in [-0.25, -0.2) is 9.37 Å². The molecule has 1 fully saturated rings. The van der Waals surface area contributed by atoms with Gasteiger partial charge in [0.1, 0.15) is 5.82 Å². The Morgan fingerprint density at radius 2 is 1.68 bits per heavy atom. The first-order valence-electron chi connectivity index (χ1n) is 9.62. The third kappa shape index (κ3) is 3.57. The molecule has 3 aromatic rings. The van der Waals surface area contributed by atoms with E-state index in [2.05, 4.69) is 18.8 Å². The smallest absolute Gasteiger partial charge is 0.254 e. The van der Waals surface area contributed by atoms with Gasteiger partial charge in [0, 0.05) is 18.7 Å². The molecule has 0 bridgehead atoms. The molecule has 2 atom stereocenters. The molecule has 1 aromatic heterocycles. The van der Waals surface area contributed by atoms with Crippen LogP contribution in [0.3, 0.4) is 0 Å². The summed E-state index contributed by atoms with van der Waals surface area (Å²) in [7, 11) is 0. The monoisotopic (exact) mass is 378 g/mol. The van der Waals surface area contributed by atoms with Crippen LogP contribution in [-0.4, -0.2) is 28.9 Å². The Hall–Kier alpha value is -2.95. The zero-order valence-electron chi connectivity index (χ0n) is 16.1. The minimum absolute atomic E-state index is 0.0142. The summed E-state index contributed by atoms with van der Waals surface area (Å²) >= 11 is 0. The van der Waals surface area contributed by atoms with E-state index >= 15 is 0 Å². The average Bonchev–Trinajstić information content (AvgIpc) is 3.17. The Morgan fingerprint density at radius 1 is 1.04 bits per heavy atom. The lowest BCUT2D eigenvalue weighted by atomic mass is 9.91. The number of carbonyl (C=O) groups excluding carboxylic acids is 1. The summed E-state index contributed by atoms with van der Waals surface area (Å²) in [6.07, 6.45) is 2.64. The van der Waals surface area contributed by atoms with Gasteiger partial charge in [0.2, 0.25) is 5.89 Å². The highest BCUT2D eigenvalue weighted by molar-refractivity contribution is 6.00. The normalized spacial score (nSPS) is 19.6. The van der Waals surface area contributed by atoms with E-state index in [-0.39, 0.29) is 11.7 Å². The van der Waals surface area contributed by atoms with Crippen LogP contribution >= 0.6 is 0 Å². The van der Waals surface area contributed by atoms with E-state index in [4.69, 9.17) is 4.42 Å². The van der Waals surface area contributed by atoms with E-state index in [9.17, 15) is 9.18 Å². The molecule has 0 unspecified atom stereocenters. The molecule has 0 saturated carbocycles. The predicted molar refractivity (Wildman–Crippen MR) is 106 cm³/mol. The molecule has 2 heterocycles. The first kappa shape index (κ1) is 18.4. The van der Waals surface area contributed by atoms with Gasteiger partial charge in [-0.05, 0) is 42.5 Å². The standard InChI is InChI=1S/C23H23FN2O2/c1-15-11-16(2)14-26(13-15)23(27)18-8-4-3-7-17(18)22-25-12-21(28-22)19-9-5-6-10-20(19)24/h3-10,12,15-16H,11,13-14H2,1-2H3/t15-,16-/m1/s1. The highest BCUT2D eigenvalue weighted by Crippen LogP contribution is 2.31. The SMILES string of the molecule is C[C@@H]1C[C@@H](C)CN(C(=O)c2ccccc2-c2ncc(-c3ccccc3F)o2)C1. The van der Waals surface area contributed by atoms with Gasteiger partial charge in [0.15, 0.2) is 5.76 Å². The number of likely N-dealkylation sites (tertiary alicyclic amines) is 1. The molecule has 144 valence electrons. The topological polar surface area (TPSA) is 46.3 Å². The molecule has 1 aliphatic heterocycles. The number of amides is 1. The maximum absolute atomic E-state index is 14.1. The van der Waals surface area contributed by atoms with Crippen molar-refractivity contribution in [2.45, 2.75) is 20.3 Å². The fourth-order valence-electron chi connectivity index (χ4n) is 4.04. The highest BCUT2D eigenvalue weighted by Gasteiger charge is 2.28. The molecule has 0 spiro atoms. The molecule has 1 amide bonds. The molecule has 4 nitrogen and oxygen atoms in total. The number of oxazole rings is 1. The molecule has 0 aliphatic carbocycles. The summed E-state index contributed by atoms with van der Waals surface area (Å²) in [5, 5.41) is 0. The first-order chi connectivity index (χ1) is 13.5. The number of benzene rings is 2. The van der Waals surface area contributed by atoms with E-state index in [0.717, 1.165) is 19.5 Å². The van der Waals surface area contributed by atoms with Crippen molar-refractivity contribution in [3.63, 3.8) is 0 Å². The van der Waals surface area contributed by atoms with Crippen LogP contribution in [0.15, 0.2) is 59.1 Å². The van der Waals surface area contributed by atoms with Crippen molar-refractivity contribution in [2.24, 2.45) is 11.8 Å². The molecule has 2 aromatic carbocycles. The minimum Gasteiger partial charge on any atom is -0.436 e. The van der Waals surface area contributed by atoms with E-state index in [1.54, 1.807) is 24.3 Å². The fourth-order valence-corrected chi connectivity index (χ4v) is 4.04. The fraction of sp³-hybridized carbons (Fsp3) is 0.304. The van der Waals surface area contributed by atoms with Crippen molar-refractivity contribution in [1.29, 1.82) is 0 Å². The second kappa shape index (κ2) is 7.58. The van der Waals surface area contributed by atoms with Gasteiger partial charge in [-0.1, -0.05) is 38.1 Å². The van der Waals surface area contributed by atoms with Crippen molar-refractivity contribution < 1.29 is 13.6 Å². The van der Waals surface area contributed by atoms with E-state index in [1.807, 2.05) is 23.1 Å². The van der Waals surface area contributed by atoms with Gasteiger partial charge in [0.05, 0.1) is 17.3 Å². The number of aromatic nitrogens is 1. The van der Waals surface area contributed by atoms with Crippen LogP contribution < -0.4 is 0 Å². The zero-order valence-corrected chi connectivity index (χ0v) is 16.1. The third-order valence-electron chi connectivity index (χ3n) is 5.19. The van der Waals surface area contributed by atoms with E-state index < -0.39 is 0 Å². The number of nitrogens with zero attached hydrogens (tertiary/aromatic N) is 2. The Labute approximate surface area is 164 Å². The number of hydrogen-bond acceptors (Lipinski definition) is 3. The number of rotatable bonds is 3. The molecule has 4 rings (SSSR count). The zero-order chi connectivity index (χ0) is 19.7. The van der Waals surface area contributed by atoms with Gasteiger partial charge in [-0.15, -0.1) is 0 Å². The van der Waals surface area contributed by atoms with Crippen molar-refractivity contribution in [2.75, 3.05) is 13.1 Å². The van der Waals surface area contributed by atoms with Gasteiger partial charge in [-0.2, -0.15) is 0 Å². The second-order valence-electron chi connectivity index (χ2n) is 7.71. The second-order valence-corrected chi connectivity index (χ2v) is 7.71. The summed E-state index contributed by atoms with van der Waals surface area (Å²) in [6.45, 7) is 5.86. The van der Waals surface area contributed by atoms with Gasteiger partial charge in [0.25, 0.3) is 5.91 Å². The average molecular weight is 378 g/mol. The summed E-state index contributed by atoms with van der Waals surface area (Å²) in [4.78, 5) is 19.4. The van der Waals surface area contributed by atoms with Crippen LogP contribution in [0.1, 0.15) is 30.6 Å². The molecule has 1 saturated heterocycles. The van der Waals surface area contributed by atoms with Crippen molar-refractivity contribution in [1.82, 2.24) is 9.88 Å². The molecule has 1 aliphatic rings. The molecule has 0 N–H and O–H groups in total. The molecule has 0 radical (unpaired) electrons. The number of carbonyl (C=O) groups is 1. The summed E-state index contributed by atoms with van der Waals surface area (Å²) in [5.74, 6) is 1.24. The number of piperidine rings is 1. The largest absolute Gasteiger partial charge is 0.436 e. The van der Waals surface area contributed by atoms with Crippen LogP contribution in [0.2, 0.25) is 0 Å². The number of hydrogen-bond donors (Lipinski definition) is 0. The highest BCUT2D eigenvalue weighted by atomic mass is 19.1. The van der Waals surface area contributed by atoms with Crippen molar-refractivity contribution >= 4 is 5.91 Å². The predicted octanol–water partition coefficient (Wildman–Crippen LogP) is 5.27. The lowest BCUT2D eigenvalue weighted by Gasteiger charge is -2.35. The molecule has 28 heavy (non-hydrogen) atoms. The van der Waals surface area contributed by atoms with E-state index in [0.29, 0.717) is 40.2 Å². The van der Waals surface area contributed by atoms with Gasteiger partial charge < -0.3 is 9.32 Å². The Kier molecular flexibility index (Phi) is 4.99. The van der Waals surface area contributed by atoms with Crippen LogP contribution in [0.4, 0.5) is 4.39 Å². The first-order valence-corrected chi connectivity index (χ1v) is 9.62. The maximum atomic E-state index is 14.1. The quantitative estimate of drug-likeness (QED) is 0.624. The summed E-state index contributed by atoms with van der Waals surface area (Å²) < 4.78 is 19.9. The molecular formula is C23H23FN2O2. The Bertz CT molecular complexity index is 988. The van der Waals surface area contributed by atoms with Gasteiger partial charge >= 0.3 is 0 Å². The van der Waals surface area contributed by atoms with Crippen LogP contribution in [0.5, 0.6) is 0 Å². The van der Waals surface area contributed by atoms with Gasteiger partial charge in [-0.3, -0.25) is 4.79 Å². The molecular weight excluding hydrogens is 355 g/mol. The lowest BCUT2D eigenvalue weighted by molar-refractivity contribution is 0.0623. The Morgan fingerprint density at radius 3 is 2.39 bits per heavy atom. The van der Waals surface area contributed by atoms with Crippen molar-refractivity contribution in [3.8, 4) is 22.8 Å². The van der Waals surface area contributed by atoms with Crippen LogP contribution in [-0.2, 0) is 0 Å². The lowest BCUT2D eigenvalue weighted by Crippen LogP contribution is -2.42. The summed E-state index contributed by atoms with van der Waals surface area (Å²) in [5.41, 5.74) is 1.54.